The van der Waals surface area contributed by atoms with E-state index in [1.165, 1.54) is 77.0 Å². The van der Waals surface area contributed by atoms with E-state index in [9.17, 15) is 15.3 Å². The van der Waals surface area contributed by atoms with Gasteiger partial charge in [-0.15, -0.1) is 0 Å². The monoisotopic (exact) mass is 403 g/mol. The Balaban J connectivity index is 1.90. The van der Waals surface area contributed by atoms with Gasteiger partial charge in [0.15, 0.2) is 6.29 Å². The third-order valence-corrected chi connectivity index (χ3v) is 5.81. The fourth-order valence-electron chi connectivity index (χ4n) is 3.91. The zero-order valence-corrected chi connectivity index (χ0v) is 17.9. The maximum Gasteiger partial charge on any atom is 0.173 e. The first-order chi connectivity index (χ1) is 13.6. The topological polar surface area (TPSA) is 102 Å². The highest BCUT2D eigenvalue weighted by Crippen LogP contribution is 2.20. The van der Waals surface area contributed by atoms with Crippen LogP contribution >= 0.6 is 0 Å². The minimum atomic E-state index is -1.22. The molecule has 1 heterocycles. The maximum absolute atomic E-state index is 10.1. The minimum absolute atomic E-state index is 0.430. The molecule has 1 aliphatic rings. The Morgan fingerprint density at radius 2 is 1.14 bits per heavy atom. The molecule has 6 heteroatoms. The molecule has 0 saturated carbocycles. The second kappa shape index (κ2) is 16.5. The Bertz CT molecular complexity index is 358. The standard InChI is InChI=1S/C22H45NO5/c1-2-3-4-5-6-7-8-9-10-11-12-13-14-15-16-23-19-21(26)20(25)18(17-24)28-22(19)27/h18-27H,2-17H2,1H3/t18-,19-,20+,21-,22?/m1/s1. The van der Waals surface area contributed by atoms with Crippen molar-refractivity contribution in [1.82, 2.24) is 5.32 Å². The van der Waals surface area contributed by atoms with Gasteiger partial charge >= 0.3 is 0 Å². The van der Waals surface area contributed by atoms with Gasteiger partial charge in [0.1, 0.15) is 18.3 Å². The Morgan fingerprint density at radius 3 is 1.61 bits per heavy atom. The third-order valence-electron chi connectivity index (χ3n) is 5.81. The van der Waals surface area contributed by atoms with E-state index in [4.69, 9.17) is 9.84 Å². The molecule has 0 amide bonds. The van der Waals surface area contributed by atoms with E-state index in [-0.39, 0.29) is 0 Å². The van der Waals surface area contributed by atoms with Crippen molar-refractivity contribution in [3.8, 4) is 0 Å². The van der Waals surface area contributed by atoms with Gasteiger partial charge in [-0.1, -0.05) is 90.4 Å². The lowest BCUT2D eigenvalue weighted by Crippen LogP contribution is -2.63. The van der Waals surface area contributed by atoms with Crippen LogP contribution in [0.4, 0.5) is 0 Å². The van der Waals surface area contributed by atoms with Crippen LogP contribution in [0.2, 0.25) is 0 Å². The molecule has 1 unspecified atom stereocenters. The number of hydrogen-bond donors (Lipinski definition) is 5. The molecule has 1 fully saturated rings. The Kier molecular flexibility index (Phi) is 15.2. The maximum atomic E-state index is 10.1. The summed E-state index contributed by atoms with van der Waals surface area (Å²) in [5.41, 5.74) is 0. The number of ether oxygens (including phenoxy) is 1. The van der Waals surface area contributed by atoms with Crippen molar-refractivity contribution >= 4 is 0 Å². The predicted octanol–water partition coefficient (Wildman–Crippen LogP) is 2.86. The third kappa shape index (κ3) is 10.5. The summed E-state index contributed by atoms with van der Waals surface area (Å²) in [6.07, 6.45) is 13.8. The molecule has 0 aromatic rings. The van der Waals surface area contributed by atoms with E-state index in [1.807, 2.05) is 0 Å². The van der Waals surface area contributed by atoms with Crippen molar-refractivity contribution in [3.05, 3.63) is 0 Å². The summed E-state index contributed by atoms with van der Waals surface area (Å²) < 4.78 is 5.14. The SMILES string of the molecule is CCCCCCCCCCCCCCCCN[C@H]1C(O)O[C@H](CO)[C@H](O)[C@@H]1O. The minimum Gasteiger partial charge on any atom is -0.394 e. The average molecular weight is 404 g/mol. The fourth-order valence-corrected chi connectivity index (χ4v) is 3.91. The summed E-state index contributed by atoms with van der Waals surface area (Å²) in [5, 5.41) is 42.0. The molecule has 0 radical (unpaired) electrons. The number of unbranched alkanes of at least 4 members (excludes halogenated alkanes) is 13. The molecule has 28 heavy (non-hydrogen) atoms. The van der Waals surface area contributed by atoms with Gasteiger partial charge < -0.3 is 30.5 Å². The van der Waals surface area contributed by atoms with Gasteiger partial charge in [0.2, 0.25) is 0 Å². The van der Waals surface area contributed by atoms with Crippen LogP contribution in [0.1, 0.15) is 96.8 Å². The van der Waals surface area contributed by atoms with Crippen molar-refractivity contribution in [1.29, 1.82) is 0 Å². The van der Waals surface area contributed by atoms with E-state index < -0.39 is 37.3 Å². The van der Waals surface area contributed by atoms with Gasteiger partial charge in [0, 0.05) is 0 Å². The van der Waals surface area contributed by atoms with E-state index >= 15 is 0 Å². The van der Waals surface area contributed by atoms with E-state index in [1.54, 1.807) is 0 Å². The van der Waals surface area contributed by atoms with Gasteiger partial charge in [-0.3, -0.25) is 0 Å². The molecule has 0 aliphatic carbocycles. The first-order valence-corrected chi connectivity index (χ1v) is 11.7. The molecule has 168 valence electrons. The van der Waals surface area contributed by atoms with E-state index in [0.29, 0.717) is 6.54 Å². The molecular formula is C22H45NO5. The highest BCUT2D eigenvalue weighted by Gasteiger charge is 2.43. The van der Waals surface area contributed by atoms with Gasteiger partial charge in [-0.25, -0.2) is 0 Å². The highest BCUT2D eigenvalue weighted by molar-refractivity contribution is 4.92. The highest BCUT2D eigenvalue weighted by atomic mass is 16.6. The molecular weight excluding hydrogens is 358 g/mol. The smallest absolute Gasteiger partial charge is 0.173 e. The van der Waals surface area contributed by atoms with Crippen LogP contribution in [0, 0.1) is 0 Å². The Hall–Kier alpha value is -0.240. The fraction of sp³-hybridized carbons (Fsp3) is 1.00. The summed E-state index contributed by atoms with van der Waals surface area (Å²) in [5.74, 6) is 0. The van der Waals surface area contributed by atoms with Crippen molar-refractivity contribution in [2.45, 2.75) is 127 Å². The van der Waals surface area contributed by atoms with Crippen LogP contribution in [0.15, 0.2) is 0 Å². The van der Waals surface area contributed by atoms with Crippen LogP contribution in [0.5, 0.6) is 0 Å². The van der Waals surface area contributed by atoms with Crippen LogP contribution in [-0.2, 0) is 4.74 Å². The van der Waals surface area contributed by atoms with Gasteiger partial charge in [-0.2, -0.15) is 0 Å². The Morgan fingerprint density at radius 1 is 0.679 bits per heavy atom. The summed E-state index contributed by atoms with van der Waals surface area (Å²) >= 11 is 0. The second-order valence-corrected chi connectivity index (χ2v) is 8.30. The molecule has 0 bridgehead atoms. The molecule has 1 rings (SSSR count). The molecule has 0 aromatic heterocycles. The summed E-state index contributed by atoms with van der Waals surface area (Å²) in [6, 6.07) is -0.722. The zero-order valence-electron chi connectivity index (χ0n) is 17.9. The van der Waals surface area contributed by atoms with Crippen LogP contribution in [-0.4, -0.2) is 64.2 Å². The zero-order chi connectivity index (χ0) is 20.6. The first-order valence-electron chi connectivity index (χ1n) is 11.7. The summed E-state index contributed by atoms with van der Waals surface area (Å²) in [4.78, 5) is 0. The van der Waals surface area contributed by atoms with Crippen LogP contribution in [0.3, 0.4) is 0 Å². The van der Waals surface area contributed by atoms with Crippen LogP contribution in [0.25, 0.3) is 0 Å². The van der Waals surface area contributed by atoms with Crippen molar-refractivity contribution in [2.75, 3.05) is 13.2 Å². The lowest BCUT2D eigenvalue weighted by atomic mass is 9.97. The summed E-state index contributed by atoms with van der Waals surface area (Å²) in [6.45, 7) is 2.49. The van der Waals surface area contributed by atoms with E-state index in [2.05, 4.69) is 12.2 Å². The largest absolute Gasteiger partial charge is 0.394 e. The van der Waals surface area contributed by atoms with Crippen LogP contribution < -0.4 is 5.32 Å². The number of hydrogen-bond acceptors (Lipinski definition) is 6. The van der Waals surface area contributed by atoms with Gasteiger partial charge in [0.05, 0.1) is 12.6 Å². The molecule has 0 aromatic carbocycles. The number of aliphatic hydroxyl groups excluding tert-OH is 4. The van der Waals surface area contributed by atoms with Crippen molar-refractivity contribution < 1.29 is 25.2 Å². The molecule has 1 aliphatic heterocycles. The summed E-state index contributed by atoms with van der Waals surface area (Å²) in [7, 11) is 0. The van der Waals surface area contributed by atoms with E-state index in [0.717, 1.165) is 12.8 Å². The van der Waals surface area contributed by atoms with Gasteiger partial charge in [0.25, 0.3) is 0 Å². The number of aliphatic hydroxyl groups is 4. The first kappa shape index (κ1) is 25.8. The molecule has 1 saturated heterocycles. The Labute approximate surface area is 171 Å². The lowest BCUT2D eigenvalue weighted by molar-refractivity contribution is -0.254. The number of rotatable bonds is 17. The number of nitrogens with one attached hydrogen (secondary N) is 1. The average Bonchev–Trinajstić information content (AvgIpc) is 2.69. The molecule has 5 atom stereocenters. The normalized spacial score (nSPS) is 28.0. The van der Waals surface area contributed by atoms with Crippen molar-refractivity contribution in [3.63, 3.8) is 0 Å². The molecule has 5 N–H and O–H groups in total. The molecule has 0 spiro atoms. The van der Waals surface area contributed by atoms with Crippen molar-refractivity contribution in [2.24, 2.45) is 0 Å². The predicted molar refractivity (Wildman–Crippen MR) is 112 cm³/mol. The quantitative estimate of drug-likeness (QED) is 0.239. The lowest BCUT2D eigenvalue weighted by Gasteiger charge is -2.40. The van der Waals surface area contributed by atoms with Gasteiger partial charge in [-0.05, 0) is 13.0 Å². The second-order valence-electron chi connectivity index (χ2n) is 8.30. The molecule has 6 nitrogen and oxygen atoms in total.